The molecular formula is C26H25N3O4S. The van der Waals surface area contributed by atoms with Gasteiger partial charge in [0.05, 0.1) is 26.1 Å². The Kier molecular flexibility index (Phi) is 7.72. The second-order valence-corrected chi connectivity index (χ2v) is 8.27. The molecule has 8 heteroatoms. The summed E-state index contributed by atoms with van der Waals surface area (Å²) in [4.78, 5) is 13.1. The number of nitrogens with zero attached hydrogens (tertiary/aromatic N) is 2. The molecule has 0 bridgehead atoms. The number of aromatic amines is 1. The highest BCUT2D eigenvalue weighted by molar-refractivity contribution is 8.00. The molecule has 4 rings (SSSR count). The highest BCUT2D eigenvalue weighted by atomic mass is 32.2. The minimum Gasteiger partial charge on any atom is -0.497 e. The summed E-state index contributed by atoms with van der Waals surface area (Å²) in [7, 11) is 3.24. The van der Waals surface area contributed by atoms with Crippen molar-refractivity contribution in [3.63, 3.8) is 0 Å². The maximum atomic E-state index is 13.1. The van der Waals surface area contributed by atoms with Gasteiger partial charge in [-0.3, -0.25) is 5.10 Å². The van der Waals surface area contributed by atoms with E-state index >= 15 is 0 Å². The van der Waals surface area contributed by atoms with E-state index in [2.05, 4.69) is 10.2 Å². The SMILES string of the molecule is COc1ccc(CSN(C(=O)OCc2cccc(OC)c2)c2ccc(-c3cn[nH]c3)cc2)cc1. The predicted octanol–water partition coefficient (Wildman–Crippen LogP) is 6.09. The van der Waals surface area contributed by atoms with Crippen molar-refractivity contribution in [2.24, 2.45) is 0 Å². The molecule has 34 heavy (non-hydrogen) atoms. The highest BCUT2D eigenvalue weighted by Gasteiger charge is 2.19. The standard InChI is InChI=1S/C26H25N3O4S/c1-31-24-12-6-19(7-13-24)18-34-29(23-10-8-21(9-11-23)22-15-27-28-16-22)26(30)33-17-20-4-3-5-25(14-20)32-2/h3-16H,17-18H2,1-2H3,(H,27,28). The van der Waals surface area contributed by atoms with Gasteiger partial charge in [-0.25, -0.2) is 9.10 Å². The minimum absolute atomic E-state index is 0.142. The zero-order valence-electron chi connectivity index (χ0n) is 18.9. The molecular weight excluding hydrogens is 450 g/mol. The van der Waals surface area contributed by atoms with Gasteiger partial charge in [-0.1, -0.05) is 36.4 Å². The van der Waals surface area contributed by atoms with Gasteiger partial charge >= 0.3 is 6.09 Å². The Morgan fingerprint density at radius 1 is 0.912 bits per heavy atom. The molecule has 0 spiro atoms. The van der Waals surface area contributed by atoms with Gasteiger partial charge in [0, 0.05) is 17.5 Å². The number of methoxy groups -OCH3 is 2. The summed E-state index contributed by atoms with van der Waals surface area (Å²) in [6.07, 6.45) is 3.14. The number of hydrogen-bond donors (Lipinski definition) is 1. The lowest BCUT2D eigenvalue weighted by molar-refractivity contribution is 0.151. The number of nitrogens with one attached hydrogen (secondary N) is 1. The van der Waals surface area contributed by atoms with Gasteiger partial charge in [-0.15, -0.1) is 0 Å². The third-order valence-electron chi connectivity index (χ3n) is 5.12. The molecule has 174 valence electrons. The topological polar surface area (TPSA) is 76.7 Å². The predicted molar refractivity (Wildman–Crippen MR) is 134 cm³/mol. The number of ether oxygens (including phenoxy) is 3. The monoisotopic (exact) mass is 475 g/mol. The van der Waals surface area contributed by atoms with Crippen LogP contribution < -0.4 is 13.8 Å². The number of hydrogen-bond acceptors (Lipinski definition) is 6. The van der Waals surface area contributed by atoms with Crippen molar-refractivity contribution >= 4 is 23.7 Å². The molecule has 0 aliphatic carbocycles. The summed E-state index contributed by atoms with van der Waals surface area (Å²) >= 11 is 1.37. The third-order valence-corrected chi connectivity index (χ3v) is 6.20. The number of benzene rings is 3. The smallest absolute Gasteiger partial charge is 0.424 e. The van der Waals surface area contributed by atoms with Crippen molar-refractivity contribution in [1.29, 1.82) is 0 Å². The number of carbonyl (C=O) groups excluding carboxylic acids is 1. The second-order valence-electron chi connectivity index (χ2n) is 7.36. The molecule has 0 aliphatic rings. The van der Waals surface area contributed by atoms with Crippen LogP contribution in [0.4, 0.5) is 10.5 Å². The Morgan fingerprint density at radius 3 is 2.35 bits per heavy atom. The first kappa shape index (κ1) is 23.3. The summed E-state index contributed by atoms with van der Waals surface area (Å²) in [5.74, 6) is 2.09. The average Bonchev–Trinajstić information content (AvgIpc) is 3.43. The first-order valence-electron chi connectivity index (χ1n) is 10.6. The van der Waals surface area contributed by atoms with Crippen LogP contribution in [0.5, 0.6) is 11.5 Å². The van der Waals surface area contributed by atoms with Gasteiger partial charge in [-0.05, 0) is 65.0 Å². The fraction of sp³-hybridized carbons (Fsp3) is 0.154. The van der Waals surface area contributed by atoms with Crippen LogP contribution in [0.1, 0.15) is 11.1 Å². The Bertz CT molecular complexity index is 1200. The Labute approximate surface area is 202 Å². The molecule has 0 radical (unpaired) electrons. The van der Waals surface area contributed by atoms with E-state index in [4.69, 9.17) is 14.2 Å². The quantitative estimate of drug-likeness (QED) is 0.295. The third kappa shape index (κ3) is 5.90. The number of aromatic nitrogens is 2. The van der Waals surface area contributed by atoms with Crippen molar-refractivity contribution in [3.8, 4) is 22.6 Å². The molecule has 1 N–H and O–H groups in total. The van der Waals surface area contributed by atoms with Gasteiger partial charge < -0.3 is 14.2 Å². The van der Waals surface area contributed by atoms with Gasteiger partial charge in [0.15, 0.2) is 0 Å². The van der Waals surface area contributed by atoms with Gasteiger partial charge in [-0.2, -0.15) is 5.10 Å². The summed E-state index contributed by atoms with van der Waals surface area (Å²) in [6.45, 7) is 0.142. The maximum Gasteiger partial charge on any atom is 0.424 e. The van der Waals surface area contributed by atoms with Crippen LogP contribution in [-0.4, -0.2) is 30.5 Å². The number of H-pyrrole nitrogens is 1. The average molecular weight is 476 g/mol. The fourth-order valence-electron chi connectivity index (χ4n) is 3.26. The van der Waals surface area contributed by atoms with E-state index in [9.17, 15) is 4.79 Å². The molecule has 0 unspecified atom stereocenters. The van der Waals surface area contributed by atoms with Crippen LogP contribution in [0.15, 0.2) is 85.2 Å². The summed E-state index contributed by atoms with van der Waals surface area (Å²) in [6, 6.07) is 22.9. The lowest BCUT2D eigenvalue weighted by Crippen LogP contribution is -2.25. The van der Waals surface area contributed by atoms with Gasteiger partial charge in [0.1, 0.15) is 18.1 Å². The number of rotatable bonds is 9. The van der Waals surface area contributed by atoms with Crippen molar-refractivity contribution < 1.29 is 19.0 Å². The van der Waals surface area contributed by atoms with Crippen molar-refractivity contribution in [2.75, 3.05) is 18.5 Å². The van der Waals surface area contributed by atoms with Crippen LogP contribution in [0, 0.1) is 0 Å². The molecule has 0 atom stereocenters. The van der Waals surface area contributed by atoms with Crippen LogP contribution >= 0.6 is 11.9 Å². The van der Waals surface area contributed by atoms with E-state index in [-0.39, 0.29) is 6.61 Å². The minimum atomic E-state index is -0.447. The Balaban J connectivity index is 1.50. The summed E-state index contributed by atoms with van der Waals surface area (Å²) in [5, 5.41) is 6.81. The van der Waals surface area contributed by atoms with Crippen molar-refractivity contribution in [3.05, 3.63) is 96.3 Å². The van der Waals surface area contributed by atoms with Crippen LogP contribution in [-0.2, 0) is 17.1 Å². The van der Waals surface area contributed by atoms with E-state index in [1.807, 2.05) is 79.0 Å². The molecule has 1 aromatic heterocycles. The van der Waals surface area contributed by atoms with E-state index in [1.54, 1.807) is 24.7 Å². The summed E-state index contributed by atoms with van der Waals surface area (Å²) in [5.41, 5.74) is 4.61. The van der Waals surface area contributed by atoms with Crippen LogP contribution in [0.2, 0.25) is 0 Å². The molecule has 0 saturated heterocycles. The van der Waals surface area contributed by atoms with Gasteiger partial charge in [0.2, 0.25) is 0 Å². The summed E-state index contributed by atoms with van der Waals surface area (Å²) < 4.78 is 17.7. The van der Waals surface area contributed by atoms with Crippen molar-refractivity contribution in [2.45, 2.75) is 12.4 Å². The largest absolute Gasteiger partial charge is 0.497 e. The first-order chi connectivity index (χ1) is 16.7. The molecule has 0 saturated carbocycles. The number of carbonyl (C=O) groups is 1. The molecule has 4 aromatic rings. The van der Waals surface area contributed by atoms with Crippen molar-refractivity contribution in [1.82, 2.24) is 10.2 Å². The molecule has 1 amide bonds. The zero-order valence-corrected chi connectivity index (χ0v) is 19.7. The zero-order chi connectivity index (χ0) is 23.8. The van der Waals surface area contributed by atoms with E-state index in [0.29, 0.717) is 11.5 Å². The van der Waals surface area contributed by atoms with E-state index in [0.717, 1.165) is 33.7 Å². The van der Waals surface area contributed by atoms with E-state index in [1.165, 1.54) is 11.9 Å². The number of anilines is 1. The lowest BCUT2D eigenvalue weighted by Gasteiger charge is -2.21. The van der Waals surface area contributed by atoms with E-state index < -0.39 is 6.09 Å². The highest BCUT2D eigenvalue weighted by Crippen LogP contribution is 2.30. The Morgan fingerprint density at radius 2 is 1.68 bits per heavy atom. The fourth-order valence-corrected chi connectivity index (χ4v) is 4.16. The van der Waals surface area contributed by atoms with Crippen LogP contribution in [0.3, 0.4) is 0 Å². The first-order valence-corrected chi connectivity index (χ1v) is 11.6. The molecule has 7 nitrogen and oxygen atoms in total. The molecule has 0 aliphatic heterocycles. The lowest BCUT2D eigenvalue weighted by atomic mass is 10.1. The second kappa shape index (κ2) is 11.3. The molecule has 3 aromatic carbocycles. The van der Waals surface area contributed by atoms with Gasteiger partial charge in [0.25, 0.3) is 0 Å². The number of amides is 1. The normalized spacial score (nSPS) is 10.5. The molecule has 1 heterocycles. The van der Waals surface area contributed by atoms with Crippen LogP contribution in [0.25, 0.3) is 11.1 Å². The molecule has 0 fully saturated rings. The Hall–Kier alpha value is -3.91. The maximum absolute atomic E-state index is 13.1.